The maximum atomic E-state index is 14.3. The minimum atomic E-state index is -0.463. The molecule has 1 saturated heterocycles. The van der Waals surface area contributed by atoms with E-state index in [9.17, 15) is 9.18 Å². The smallest absolute Gasteiger partial charge is 0.310 e. The average Bonchev–Trinajstić information content (AvgIpc) is 2.49. The summed E-state index contributed by atoms with van der Waals surface area (Å²) >= 11 is 3.10. The van der Waals surface area contributed by atoms with Gasteiger partial charge < -0.3 is 9.64 Å². The summed E-state index contributed by atoms with van der Waals surface area (Å²) in [5, 5.41) is 8.87. The maximum absolute atomic E-state index is 14.3. The van der Waals surface area contributed by atoms with Crippen molar-refractivity contribution < 1.29 is 13.9 Å². The molecule has 1 atom stereocenters. The molecule has 0 aliphatic carbocycles. The highest BCUT2D eigenvalue weighted by atomic mass is 79.9. The molecule has 0 aromatic heterocycles. The third-order valence-electron chi connectivity index (χ3n) is 3.48. The van der Waals surface area contributed by atoms with Crippen LogP contribution in [-0.4, -0.2) is 26.2 Å². The molecule has 1 aromatic rings. The fourth-order valence-corrected chi connectivity index (χ4v) is 2.85. The number of benzene rings is 1. The number of hydrogen-bond acceptors (Lipinski definition) is 4. The molecule has 1 aliphatic heterocycles. The fourth-order valence-electron chi connectivity index (χ4n) is 2.42. The van der Waals surface area contributed by atoms with Crippen molar-refractivity contribution in [3.8, 4) is 6.07 Å². The van der Waals surface area contributed by atoms with Crippen LogP contribution in [0.25, 0.3) is 0 Å². The molecule has 0 radical (unpaired) electrons. The molecule has 6 heteroatoms. The highest BCUT2D eigenvalue weighted by Gasteiger charge is 2.28. The maximum Gasteiger partial charge on any atom is 0.310 e. The Morgan fingerprint density at radius 2 is 2.35 bits per heavy atom. The fraction of sp³-hybridized carbons (Fsp3) is 0.429. The van der Waals surface area contributed by atoms with Crippen LogP contribution in [0.3, 0.4) is 0 Å². The second kappa shape index (κ2) is 6.23. The van der Waals surface area contributed by atoms with Crippen molar-refractivity contribution in [3.05, 3.63) is 28.0 Å². The number of nitrogens with zero attached hydrogens (tertiary/aromatic N) is 2. The lowest BCUT2D eigenvalue weighted by Gasteiger charge is -2.33. The van der Waals surface area contributed by atoms with E-state index in [0.717, 1.165) is 12.8 Å². The van der Waals surface area contributed by atoms with E-state index in [1.165, 1.54) is 7.11 Å². The number of hydrogen-bond donors (Lipinski definition) is 0. The van der Waals surface area contributed by atoms with Gasteiger partial charge in [0.05, 0.1) is 28.8 Å². The minimum absolute atomic E-state index is 0.165. The van der Waals surface area contributed by atoms with E-state index >= 15 is 0 Å². The number of rotatable bonds is 2. The van der Waals surface area contributed by atoms with Gasteiger partial charge in [-0.25, -0.2) is 4.39 Å². The summed E-state index contributed by atoms with van der Waals surface area (Å²) in [6.45, 7) is 1.12. The molecule has 1 aromatic carbocycles. The normalized spacial score (nSPS) is 18.5. The molecule has 4 nitrogen and oxygen atoms in total. The zero-order valence-electron chi connectivity index (χ0n) is 11.0. The summed E-state index contributed by atoms with van der Waals surface area (Å²) in [6.07, 6.45) is 1.55. The first kappa shape index (κ1) is 14.8. The van der Waals surface area contributed by atoms with Crippen molar-refractivity contribution >= 4 is 27.6 Å². The Hall–Kier alpha value is -1.61. The molecule has 0 bridgehead atoms. The van der Waals surface area contributed by atoms with Gasteiger partial charge in [-0.3, -0.25) is 4.79 Å². The number of esters is 1. The average molecular weight is 341 g/mol. The molecule has 1 unspecified atom stereocenters. The van der Waals surface area contributed by atoms with Crippen molar-refractivity contribution in [2.24, 2.45) is 5.92 Å². The summed E-state index contributed by atoms with van der Waals surface area (Å²) in [4.78, 5) is 13.4. The summed E-state index contributed by atoms with van der Waals surface area (Å²) in [7, 11) is 1.36. The van der Waals surface area contributed by atoms with Crippen LogP contribution in [0.2, 0.25) is 0 Å². The molecular formula is C14H14BrFN2O2. The van der Waals surface area contributed by atoms with Gasteiger partial charge in [-0.2, -0.15) is 5.26 Å². The molecule has 106 valence electrons. The molecule has 1 fully saturated rings. The second-order valence-electron chi connectivity index (χ2n) is 4.68. The van der Waals surface area contributed by atoms with Crippen molar-refractivity contribution in [2.45, 2.75) is 12.8 Å². The van der Waals surface area contributed by atoms with E-state index in [0.29, 0.717) is 18.8 Å². The number of nitriles is 1. The first-order valence-corrected chi connectivity index (χ1v) is 7.08. The minimum Gasteiger partial charge on any atom is -0.469 e. The standard InChI is InChI=1S/C14H14BrFN2O2/c1-20-14(19)10-3-2-6-18(8-10)11-5-4-9(7-17)12(15)13(11)16/h4-5,10H,2-3,6,8H2,1H3. The number of methoxy groups -OCH3 is 1. The van der Waals surface area contributed by atoms with Gasteiger partial charge in [-0.1, -0.05) is 0 Å². The van der Waals surface area contributed by atoms with Crippen molar-refractivity contribution in [1.29, 1.82) is 5.26 Å². The van der Waals surface area contributed by atoms with E-state index in [1.807, 2.05) is 11.0 Å². The molecular weight excluding hydrogens is 327 g/mol. The van der Waals surface area contributed by atoms with Gasteiger partial charge in [-0.15, -0.1) is 0 Å². The van der Waals surface area contributed by atoms with Gasteiger partial charge in [-0.05, 0) is 40.9 Å². The van der Waals surface area contributed by atoms with Crippen LogP contribution in [0.5, 0.6) is 0 Å². The number of anilines is 1. The van der Waals surface area contributed by atoms with E-state index in [4.69, 9.17) is 10.00 Å². The Labute approximate surface area is 125 Å². The summed E-state index contributed by atoms with van der Waals surface area (Å²) in [6, 6.07) is 5.08. The monoisotopic (exact) mass is 340 g/mol. The predicted octanol–water partition coefficient (Wildman–Crippen LogP) is 2.85. The largest absolute Gasteiger partial charge is 0.469 e. The van der Waals surface area contributed by atoms with Gasteiger partial charge in [0.2, 0.25) is 0 Å². The summed E-state index contributed by atoms with van der Waals surface area (Å²) in [5.41, 5.74) is 0.664. The first-order chi connectivity index (χ1) is 9.58. The highest BCUT2D eigenvalue weighted by Crippen LogP contribution is 2.31. The van der Waals surface area contributed by atoms with E-state index in [2.05, 4.69) is 15.9 Å². The quantitative estimate of drug-likeness (QED) is 0.777. The Bertz CT molecular complexity index is 571. The molecule has 1 heterocycles. The van der Waals surface area contributed by atoms with E-state index in [-0.39, 0.29) is 21.9 Å². The number of halogens is 2. The van der Waals surface area contributed by atoms with Crippen molar-refractivity contribution in [1.82, 2.24) is 0 Å². The Kier molecular flexibility index (Phi) is 4.61. The lowest BCUT2D eigenvalue weighted by molar-refractivity contribution is -0.145. The molecule has 1 aliphatic rings. The first-order valence-electron chi connectivity index (χ1n) is 6.29. The van der Waals surface area contributed by atoms with Gasteiger partial charge in [0.1, 0.15) is 6.07 Å². The van der Waals surface area contributed by atoms with Crippen LogP contribution in [-0.2, 0) is 9.53 Å². The summed E-state index contributed by atoms with van der Waals surface area (Å²) < 4.78 is 19.2. The molecule has 20 heavy (non-hydrogen) atoms. The molecule has 0 saturated carbocycles. The van der Waals surface area contributed by atoms with Crippen molar-refractivity contribution in [3.63, 3.8) is 0 Å². The zero-order valence-corrected chi connectivity index (χ0v) is 12.6. The molecule has 0 amide bonds. The van der Waals surface area contributed by atoms with Crippen LogP contribution >= 0.6 is 15.9 Å². The topological polar surface area (TPSA) is 53.3 Å². The van der Waals surface area contributed by atoms with Gasteiger partial charge in [0.25, 0.3) is 0 Å². The predicted molar refractivity (Wildman–Crippen MR) is 75.8 cm³/mol. The highest BCUT2D eigenvalue weighted by molar-refractivity contribution is 9.10. The molecule has 0 spiro atoms. The lowest BCUT2D eigenvalue weighted by atomic mass is 9.97. The molecule has 2 rings (SSSR count). The molecule has 0 N–H and O–H groups in total. The Morgan fingerprint density at radius 1 is 1.60 bits per heavy atom. The van der Waals surface area contributed by atoms with Crippen LogP contribution in [0.15, 0.2) is 16.6 Å². The van der Waals surface area contributed by atoms with Crippen LogP contribution < -0.4 is 4.90 Å². The third-order valence-corrected chi connectivity index (χ3v) is 4.25. The van der Waals surface area contributed by atoms with Gasteiger partial charge in [0, 0.05) is 13.1 Å². The number of carbonyl (C=O) groups is 1. The number of ether oxygens (including phenoxy) is 1. The Morgan fingerprint density at radius 3 is 3.00 bits per heavy atom. The van der Waals surface area contributed by atoms with Gasteiger partial charge >= 0.3 is 5.97 Å². The number of carbonyl (C=O) groups excluding carboxylic acids is 1. The zero-order chi connectivity index (χ0) is 14.7. The van der Waals surface area contributed by atoms with Crippen LogP contribution in [0.4, 0.5) is 10.1 Å². The van der Waals surface area contributed by atoms with Crippen LogP contribution in [0, 0.1) is 23.1 Å². The Balaban J connectivity index is 2.26. The van der Waals surface area contributed by atoms with E-state index in [1.54, 1.807) is 12.1 Å². The SMILES string of the molecule is COC(=O)C1CCCN(c2ccc(C#N)c(Br)c2F)C1. The lowest BCUT2D eigenvalue weighted by Crippen LogP contribution is -2.39. The van der Waals surface area contributed by atoms with Gasteiger partial charge in [0.15, 0.2) is 5.82 Å². The number of piperidine rings is 1. The third kappa shape index (κ3) is 2.78. The van der Waals surface area contributed by atoms with Crippen LogP contribution in [0.1, 0.15) is 18.4 Å². The van der Waals surface area contributed by atoms with Crippen molar-refractivity contribution in [2.75, 3.05) is 25.1 Å². The summed E-state index contributed by atoms with van der Waals surface area (Å²) in [5.74, 6) is -0.958. The van der Waals surface area contributed by atoms with E-state index < -0.39 is 5.82 Å². The second-order valence-corrected chi connectivity index (χ2v) is 5.47.